The Kier molecular flexibility index (Phi) is 5.33. The zero-order chi connectivity index (χ0) is 21.5. The molecule has 8 nitrogen and oxygen atoms in total. The standard InChI is InChI=1S/C21H25N5O3S/c1-14-18(5-4-10-22-14)26-19-13-16(15-6-7-15)8-9-17(19)20(24-21(26)27)23-11-12-30(28,29)25(2)3/h4-5,8-10,13,15H,6-7,11-12H2,1-3H3,(H,23,24,27). The summed E-state index contributed by atoms with van der Waals surface area (Å²) in [5, 5.41) is 3.82. The molecular formula is C21H25N5O3S. The summed E-state index contributed by atoms with van der Waals surface area (Å²) >= 11 is 0. The first-order valence-corrected chi connectivity index (χ1v) is 11.5. The van der Waals surface area contributed by atoms with Crippen molar-refractivity contribution in [3.8, 4) is 5.69 Å². The fraction of sp³-hybridized carbons (Fsp3) is 0.381. The van der Waals surface area contributed by atoms with E-state index in [0.29, 0.717) is 17.4 Å². The van der Waals surface area contributed by atoms with E-state index in [4.69, 9.17) is 0 Å². The van der Waals surface area contributed by atoms with E-state index in [2.05, 4.69) is 21.4 Å². The summed E-state index contributed by atoms with van der Waals surface area (Å²) in [7, 11) is -0.347. The van der Waals surface area contributed by atoms with Crippen LogP contribution in [0.3, 0.4) is 0 Å². The third kappa shape index (κ3) is 3.95. The molecule has 158 valence electrons. The van der Waals surface area contributed by atoms with Gasteiger partial charge in [-0.05, 0) is 55.5 Å². The fourth-order valence-corrected chi connectivity index (χ4v) is 4.20. The number of aromatic nitrogens is 3. The highest BCUT2D eigenvalue weighted by atomic mass is 32.2. The van der Waals surface area contributed by atoms with E-state index in [0.717, 1.165) is 29.4 Å². The first kappa shape index (κ1) is 20.5. The topological polar surface area (TPSA) is 97.2 Å². The van der Waals surface area contributed by atoms with Gasteiger partial charge in [0.25, 0.3) is 0 Å². The number of nitrogens with zero attached hydrogens (tertiary/aromatic N) is 4. The molecule has 1 fully saturated rings. The Morgan fingerprint density at radius 3 is 2.67 bits per heavy atom. The third-order valence-corrected chi connectivity index (χ3v) is 7.23. The smallest absolute Gasteiger partial charge is 0.354 e. The van der Waals surface area contributed by atoms with E-state index in [-0.39, 0.29) is 12.3 Å². The van der Waals surface area contributed by atoms with Crippen LogP contribution in [0, 0.1) is 6.92 Å². The van der Waals surface area contributed by atoms with E-state index in [1.165, 1.54) is 24.0 Å². The van der Waals surface area contributed by atoms with E-state index in [9.17, 15) is 13.2 Å². The van der Waals surface area contributed by atoms with Crippen molar-refractivity contribution < 1.29 is 8.42 Å². The van der Waals surface area contributed by atoms with E-state index < -0.39 is 15.7 Å². The van der Waals surface area contributed by atoms with Crippen LogP contribution in [0.2, 0.25) is 0 Å². The summed E-state index contributed by atoms with van der Waals surface area (Å²) in [5.74, 6) is 0.834. The van der Waals surface area contributed by atoms with Crippen LogP contribution in [0.25, 0.3) is 16.6 Å². The number of anilines is 1. The zero-order valence-corrected chi connectivity index (χ0v) is 18.1. The molecule has 30 heavy (non-hydrogen) atoms. The maximum Gasteiger partial charge on any atom is 0.354 e. The van der Waals surface area contributed by atoms with Gasteiger partial charge in [0.2, 0.25) is 10.0 Å². The van der Waals surface area contributed by atoms with Gasteiger partial charge in [-0.15, -0.1) is 0 Å². The number of hydrogen-bond acceptors (Lipinski definition) is 6. The van der Waals surface area contributed by atoms with E-state index >= 15 is 0 Å². The van der Waals surface area contributed by atoms with Gasteiger partial charge in [0, 0.05) is 32.2 Å². The number of pyridine rings is 1. The van der Waals surface area contributed by atoms with Crippen LogP contribution >= 0.6 is 0 Å². The molecule has 2 aromatic heterocycles. The molecule has 0 bridgehead atoms. The third-order valence-electron chi connectivity index (χ3n) is 5.39. The first-order chi connectivity index (χ1) is 14.3. The van der Waals surface area contributed by atoms with E-state index in [1.54, 1.807) is 16.8 Å². The lowest BCUT2D eigenvalue weighted by molar-refractivity contribution is 0.521. The summed E-state index contributed by atoms with van der Waals surface area (Å²) in [6.45, 7) is 2.01. The molecule has 0 aliphatic heterocycles. The molecule has 1 aromatic carbocycles. The van der Waals surface area contributed by atoms with Gasteiger partial charge >= 0.3 is 5.69 Å². The molecule has 0 amide bonds. The Hall–Kier alpha value is -2.78. The highest BCUT2D eigenvalue weighted by Crippen LogP contribution is 2.41. The molecule has 1 saturated carbocycles. The monoisotopic (exact) mass is 427 g/mol. The van der Waals surface area contributed by atoms with Gasteiger partial charge in [-0.1, -0.05) is 6.07 Å². The second-order valence-corrected chi connectivity index (χ2v) is 10.1. The molecule has 0 saturated heterocycles. The van der Waals surface area contributed by atoms with Crippen molar-refractivity contribution in [1.82, 2.24) is 18.8 Å². The number of benzene rings is 1. The van der Waals surface area contributed by atoms with Gasteiger partial charge in [0.1, 0.15) is 5.82 Å². The van der Waals surface area contributed by atoms with Crippen LogP contribution in [-0.2, 0) is 10.0 Å². The maximum absolute atomic E-state index is 13.0. The Morgan fingerprint density at radius 2 is 2.00 bits per heavy atom. The Morgan fingerprint density at radius 1 is 1.23 bits per heavy atom. The lowest BCUT2D eigenvalue weighted by atomic mass is 10.1. The van der Waals surface area contributed by atoms with Crippen LogP contribution in [0.1, 0.15) is 30.0 Å². The van der Waals surface area contributed by atoms with Gasteiger partial charge in [0.15, 0.2) is 0 Å². The van der Waals surface area contributed by atoms with Gasteiger partial charge < -0.3 is 5.32 Å². The SMILES string of the molecule is Cc1ncccc1-n1c(=O)nc(NCCS(=O)(=O)N(C)C)c2ccc(C3CC3)cc21. The number of rotatable bonds is 7. The Balaban J connectivity index is 1.81. The predicted molar refractivity (Wildman–Crippen MR) is 118 cm³/mol. The van der Waals surface area contributed by atoms with Crippen molar-refractivity contribution in [2.45, 2.75) is 25.7 Å². The maximum atomic E-state index is 13.0. The molecule has 9 heteroatoms. The van der Waals surface area contributed by atoms with Crippen molar-refractivity contribution in [1.29, 1.82) is 0 Å². The fourth-order valence-electron chi connectivity index (χ4n) is 3.47. The van der Waals surface area contributed by atoms with Gasteiger partial charge in [-0.25, -0.2) is 17.5 Å². The Labute approximate surface area is 175 Å². The summed E-state index contributed by atoms with van der Waals surface area (Å²) < 4.78 is 26.9. The second-order valence-electron chi connectivity index (χ2n) is 7.76. The van der Waals surface area contributed by atoms with E-state index in [1.807, 2.05) is 25.1 Å². The molecule has 0 atom stereocenters. The van der Waals surface area contributed by atoms with Crippen molar-refractivity contribution in [2.75, 3.05) is 31.7 Å². The highest BCUT2D eigenvalue weighted by molar-refractivity contribution is 7.89. The van der Waals surface area contributed by atoms with Gasteiger partial charge in [-0.3, -0.25) is 9.55 Å². The van der Waals surface area contributed by atoms with Crippen LogP contribution in [0.4, 0.5) is 5.82 Å². The van der Waals surface area contributed by atoms with Crippen LogP contribution < -0.4 is 11.0 Å². The van der Waals surface area contributed by atoms with Crippen molar-refractivity contribution in [3.05, 3.63) is 58.3 Å². The average Bonchev–Trinajstić information content (AvgIpc) is 3.54. The minimum atomic E-state index is -3.35. The van der Waals surface area contributed by atoms with Crippen molar-refractivity contribution >= 4 is 26.7 Å². The van der Waals surface area contributed by atoms with Gasteiger partial charge in [-0.2, -0.15) is 4.98 Å². The molecule has 2 heterocycles. The molecule has 0 spiro atoms. The molecule has 3 aromatic rings. The average molecular weight is 428 g/mol. The molecule has 0 radical (unpaired) electrons. The van der Waals surface area contributed by atoms with Crippen LogP contribution in [-0.4, -0.2) is 53.7 Å². The molecule has 1 aliphatic carbocycles. The normalized spacial score (nSPS) is 14.4. The van der Waals surface area contributed by atoms with Crippen molar-refractivity contribution in [2.24, 2.45) is 0 Å². The molecular weight excluding hydrogens is 402 g/mol. The lowest BCUT2D eigenvalue weighted by Gasteiger charge is -2.16. The van der Waals surface area contributed by atoms with Crippen LogP contribution in [0.15, 0.2) is 41.3 Å². The molecule has 4 rings (SSSR count). The summed E-state index contributed by atoms with van der Waals surface area (Å²) in [6, 6.07) is 9.72. The summed E-state index contributed by atoms with van der Waals surface area (Å²) in [4.78, 5) is 21.6. The number of nitrogens with one attached hydrogen (secondary N) is 1. The Bertz CT molecular complexity index is 1260. The van der Waals surface area contributed by atoms with Crippen molar-refractivity contribution in [3.63, 3.8) is 0 Å². The molecule has 1 N–H and O–H groups in total. The second kappa shape index (κ2) is 7.81. The summed E-state index contributed by atoms with van der Waals surface area (Å²) in [5.41, 5.74) is 2.94. The minimum absolute atomic E-state index is 0.0892. The zero-order valence-electron chi connectivity index (χ0n) is 17.3. The first-order valence-electron chi connectivity index (χ1n) is 9.91. The number of sulfonamides is 1. The molecule has 1 aliphatic rings. The summed E-state index contributed by atoms with van der Waals surface area (Å²) in [6.07, 6.45) is 4.00. The van der Waals surface area contributed by atoms with Crippen LogP contribution in [0.5, 0.6) is 0 Å². The molecule has 0 unspecified atom stereocenters. The predicted octanol–water partition coefficient (Wildman–Crippen LogP) is 2.27. The largest absolute Gasteiger partial charge is 0.368 e. The minimum Gasteiger partial charge on any atom is -0.368 e. The lowest BCUT2D eigenvalue weighted by Crippen LogP contribution is -2.29. The van der Waals surface area contributed by atoms with Gasteiger partial charge in [0.05, 0.1) is 22.7 Å². The number of aryl methyl sites for hydroxylation is 1. The number of hydrogen-bond donors (Lipinski definition) is 1. The number of fused-ring (bicyclic) bond motifs is 1. The quantitative estimate of drug-likeness (QED) is 0.621. The highest BCUT2D eigenvalue weighted by Gasteiger charge is 2.25.